The molecule has 7 heteroatoms. The van der Waals surface area contributed by atoms with Crippen LogP contribution in [0.5, 0.6) is 0 Å². The number of benzene rings is 1. The van der Waals surface area contributed by atoms with Crippen LogP contribution in [0, 0.1) is 13.8 Å². The Bertz CT molecular complexity index is 705. The molecule has 1 fully saturated rings. The first-order valence-electron chi connectivity index (χ1n) is 8.64. The Balaban J connectivity index is 1.45. The fourth-order valence-corrected chi connectivity index (χ4v) is 2.99. The summed E-state index contributed by atoms with van der Waals surface area (Å²) in [6.07, 6.45) is 0. The van der Waals surface area contributed by atoms with Crippen molar-refractivity contribution in [1.82, 2.24) is 19.9 Å². The van der Waals surface area contributed by atoms with Gasteiger partial charge in [-0.2, -0.15) is 4.98 Å². The summed E-state index contributed by atoms with van der Waals surface area (Å²) in [4.78, 5) is 21.0. The molecule has 0 spiro atoms. The number of nitrogens with one attached hydrogen (secondary N) is 1. The zero-order chi connectivity index (χ0) is 17.8. The van der Waals surface area contributed by atoms with Gasteiger partial charge >= 0.3 is 0 Å². The van der Waals surface area contributed by atoms with Gasteiger partial charge in [0, 0.05) is 31.9 Å². The molecule has 1 aromatic carbocycles. The molecule has 1 N–H and O–H groups in total. The quantitative estimate of drug-likeness (QED) is 0.895. The highest BCUT2D eigenvalue weighted by Crippen LogP contribution is 2.20. The monoisotopic (exact) mass is 343 g/mol. The summed E-state index contributed by atoms with van der Waals surface area (Å²) in [6.45, 7) is 9.78. The summed E-state index contributed by atoms with van der Waals surface area (Å²) >= 11 is 0. The van der Waals surface area contributed by atoms with Crippen LogP contribution in [0.15, 0.2) is 28.8 Å². The van der Waals surface area contributed by atoms with Crippen LogP contribution in [0.1, 0.15) is 30.2 Å². The van der Waals surface area contributed by atoms with Gasteiger partial charge in [0.15, 0.2) is 5.82 Å². The van der Waals surface area contributed by atoms with Gasteiger partial charge in [-0.1, -0.05) is 22.9 Å². The molecule has 25 heavy (non-hydrogen) atoms. The Labute approximate surface area is 148 Å². The fourth-order valence-electron chi connectivity index (χ4n) is 2.99. The van der Waals surface area contributed by atoms with Crippen LogP contribution in [0.4, 0.5) is 5.69 Å². The van der Waals surface area contributed by atoms with Gasteiger partial charge in [0.1, 0.15) is 0 Å². The third kappa shape index (κ3) is 4.64. The van der Waals surface area contributed by atoms with Crippen molar-refractivity contribution in [3.8, 4) is 0 Å². The summed E-state index contributed by atoms with van der Waals surface area (Å²) < 4.78 is 5.26. The van der Waals surface area contributed by atoms with Gasteiger partial charge in [0.05, 0.1) is 12.6 Å². The topological polar surface area (TPSA) is 74.5 Å². The molecule has 1 amide bonds. The molecule has 1 aliphatic rings. The van der Waals surface area contributed by atoms with Crippen LogP contribution in [-0.4, -0.2) is 58.6 Å². The van der Waals surface area contributed by atoms with E-state index in [2.05, 4.69) is 32.2 Å². The third-order valence-electron chi connectivity index (χ3n) is 4.56. The molecule has 1 aromatic heterocycles. The van der Waals surface area contributed by atoms with Gasteiger partial charge in [0.25, 0.3) is 0 Å². The maximum absolute atomic E-state index is 12.2. The molecule has 0 saturated carbocycles. The molecular formula is C18H25N5O2. The average molecular weight is 343 g/mol. The number of hydrogen-bond acceptors (Lipinski definition) is 6. The minimum absolute atomic E-state index is 0.0258. The van der Waals surface area contributed by atoms with Crippen molar-refractivity contribution in [3.05, 3.63) is 41.5 Å². The molecule has 1 saturated heterocycles. The van der Waals surface area contributed by atoms with Crippen LogP contribution in [-0.2, 0) is 4.79 Å². The summed E-state index contributed by atoms with van der Waals surface area (Å²) in [7, 11) is 0. The fraction of sp³-hybridized carbons (Fsp3) is 0.500. The highest BCUT2D eigenvalue weighted by molar-refractivity contribution is 5.92. The minimum Gasteiger partial charge on any atom is -0.338 e. The van der Waals surface area contributed by atoms with Crippen molar-refractivity contribution in [2.75, 3.05) is 38.0 Å². The summed E-state index contributed by atoms with van der Waals surface area (Å²) in [5.74, 6) is 1.34. The van der Waals surface area contributed by atoms with E-state index in [1.165, 1.54) is 5.56 Å². The maximum atomic E-state index is 12.2. The van der Waals surface area contributed by atoms with E-state index in [4.69, 9.17) is 4.52 Å². The Morgan fingerprint density at radius 2 is 1.88 bits per heavy atom. The van der Waals surface area contributed by atoms with Gasteiger partial charge in [0.2, 0.25) is 11.8 Å². The lowest BCUT2D eigenvalue weighted by molar-refractivity contribution is -0.117. The SMILES string of the molecule is Cc1ccc(NC(=O)CN2CCN([C@@H](C)c3nc(C)no3)CC2)cc1. The van der Waals surface area contributed by atoms with E-state index in [-0.39, 0.29) is 11.9 Å². The molecule has 0 bridgehead atoms. The molecule has 1 atom stereocenters. The zero-order valence-electron chi connectivity index (χ0n) is 15.0. The second-order valence-corrected chi connectivity index (χ2v) is 6.58. The van der Waals surface area contributed by atoms with Crippen LogP contribution in [0.2, 0.25) is 0 Å². The molecular weight excluding hydrogens is 318 g/mol. The molecule has 0 unspecified atom stereocenters. The van der Waals surface area contributed by atoms with Gasteiger partial charge < -0.3 is 9.84 Å². The molecule has 2 aromatic rings. The highest BCUT2D eigenvalue weighted by Gasteiger charge is 2.26. The van der Waals surface area contributed by atoms with Gasteiger partial charge in [-0.25, -0.2) is 0 Å². The molecule has 134 valence electrons. The molecule has 3 rings (SSSR count). The number of anilines is 1. The average Bonchev–Trinajstić information content (AvgIpc) is 3.03. The number of rotatable bonds is 5. The number of carbonyl (C=O) groups is 1. The van der Waals surface area contributed by atoms with E-state index in [0.717, 1.165) is 31.9 Å². The van der Waals surface area contributed by atoms with E-state index in [1.54, 1.807) is 0 Å². The number of aryl methyl sites for hydroxylation is 2. The normalized spacial score (nSPS) is 17.4. The van der Waals surface area contributed by atoms with Gasteiger partial charge in [-0.05, 0) is 32.9 Å². The van der Waals surface area contributed by atoms with Gasteiger partial charge in [-0.3, -0.25) is 14.6 Å². The number of aromatic nitrogens is 2. The minimum atomic E-state index is 0.0258. The van der Waals surface area contributed by atoms with E-state index in [1.807, 2.05) is 38.1 Å². The van der Waals surface area contributed by atoms with Crippen molar-refractivity contribution < 1.29 is 9.32 Å². The Morgan fingerprint density at radius 3 is 2.48 bits per heavy atom. The molecule has 0 aliphatic carbocycles. The first-order chi connectivity index (χ1) is 12.0. The second kappa shape index (κ2) is 7.76. The maximum Gasteiger partial charge on any atom is 0.243 e. The first-order valence-corrected chi connectivity index (χ1v) is 8.64. The van der Waals surface area contributed by atoms with Crippen molar-refractivity contribution in [1.29, 1.82) is 0 Å². The molecule has 7 nitrogen and oxygen atoms in total. The van der Waals surface area contributed by atoms with Crippen molar-refractivity contribution >= 4 is 11.6 Å². The van der Waals surface area contributed by atoms with Crippen LogP contribution < -0.4 is 5.32 Å². The van der Waals surface area contributed by atoms with Crippen molar-refractivity contribution in [2.45, 2.75) is 26.8 Å². The lowest BCUT2D eigenvalue weighted by atomic mass is 10.2. The predicted octanol–water partition coefficient (Wildman–Crippen LogP) is 2.00. The number of piperazine rings is 1. The Kier molecular flexibility index (Phi) is 5.45. The van der Waals surface area contributed by atoms with Crippen LogP contribution >= 0.6 is 0 Å². The van der Waals surface area contributed by atoms with E-state index in [0.29, 0.717) is 18.3 Å². The zero-order valence-corrected chi connectivity index (χ0v) is 15.0. The predicted molar refractivity (Wildman–Crippen MR) is 95.3 cm³/mol. The second-order valence-electron chi connectivity index (χ2n) is 6.58. The summed E-state index contributed by atoms with van der Waals surface area (Å²) in [6, 6.07) is 7.95. The number of nitrogens with zero attached hydrogens (tertiary/aromatic N) is 4. The molecule has 0 radical (unpaired) electrons. The summed E-state index contributed by atoms with van der Waals surface area (Å²) in [5.41, 5.74) is 2.02. The van der Waals surface area contributed by atoms with Gasteiger partial charge in [-0.15, -0.1) is 0 Å². The van der Waals surface area contributed by atoms with E-state index < -0.39 is 0 Å². The number of amides is 1. The Hall–Kier alpha value is -2.25. The smallest absolute Gasteiger partial charge is 0.243 e. The van der Waals surface area contributed by atoms with Crippen molar-refractivity contribution in [3.63, 3.8) is 0 Å². The standard InChI is InChI=1S/C18H25N5O2/c1-13-4-6-16(7-5-13)20-17(24)12-22-8-10-23(11-9-22)14(2)18-19-15(3)21-25-18/h4-7,14H,8-12H2,1-3H3,(H,20,24)/t14-/m0/s1. The van der Waals surface area contributed by atoms with Crippen molar-refractivity contribution in [2.24, 2.45) is 0 Å². The van der Waals surface area contributed by atoms with E-state index >= 15 is 0 Å². The number of carbonyl (C=O) groups excluding carboxylic acids is 1. The number of hydrogen-bond donors (Lipinski definition) is 1. The lowest BCUT2D eigenvalue weighted by Gasteiger charge is -2.36. The highest BCUT2D eigenvalue weighted by atomic mass is 16.5. The van der Waals surface area contributed by atoms with E-state index in [9.17, 15) is 4.79 Å². The largest absolute Gasteiger partial charge is 0.338 e. The van der Waals surface area contributed by atoms with Crippen LogP contribution in [0.3, 0.4) is 0 Å². The Morgan fingerprint density at radius 1 is 1.20 bits per heavy atom. The third-order valence-corrected chi connectivity index (χ3v) is 4.56. The lowest BCUT2D eigenvalue weighted by Crippen LogP contribution is -2.49. The first kappa shape index (κ1) is 17.6. The van der Waals surface area contributed by atoms with Crippen LogP contribution in [0.25, 0.3) is 0 Å². The summed E-state index contributed by atoms with van der Waals surface area (Å²) in [5, 5.41) is 6.81. The molecule has 2 heterocycles. The molecule has 1 aliphatic heterocycles.